The standard InChI is InChI=1S/C15H15N3O5/c1-10-3-5-13(11(2)7-10)22-9-14(19)17-16-8-12-4-6-15(23-12)18(20)21/h3-8H,9H2,1-2H3,(H,17,19)/b16-8-. The number of benzene rings is 1. The van der Waals surface area contributed by atoms with Crippen LogP contribution in [0.25, 0.3) is 0 Å². The summed E-state index contributed by atoms with van der Waals surface area (Å²) >= 11 is 0. The van der Waals surface area contributed by atoms with E-state index >= 15 is 0 Å². The molecular formula is C15H15N3O5. The highest BCUT2D eigenvalue weighted by Gasteiger charge is 2.10. The number of hydrogen-bond acceptors (Lipinski definition) is 6. The fraction of sp³-hybridized carbons (Fsp3) is 0.200. The molecule has 23 heavy (non-hydrogen) atoms. The van der Waals surface area contributed by atoms with Crippen molar-refractivity contribution in [2.45, 2.75) is 13.8 Å². The molecule has 0 atom stereocenters. The maximum absolute atomic E-state index is 11.6. The van der Waals surface area contributed by atoms with E-state index in [1.807, 2.05) is 26.0 Å². The van der Waals surface area contributed by atoms with Crippen LogP contribution in [-0.2, 0) is 4.79 Å². The Morgan fingerprint density at radius 1 is 1.39 bits per heavy atom. The molecule has 1 heterocycles. The molecule has 0 aliphatic rings. The number of carbonyl (C=O) groups excluding carboxylic acids is 1. The highest BCUT2D eigenvalue weighted by molar-refractivity contribution is 5.81. The van der Waals surface area contributed by atoms with Gasteiger partial charge in [0.05, 0.1) is 12.3 Å². The maximum atomic E-state index is 11.6. The first-order valence-electron chi connectivity index (χ1n) is 6.72. The first kappa shape index (κ1) is 16.2. The number of carbonyl (C=O) groups is 1. The van der Waals surface area contributed by atoms with Crippen molar-refractivity contribution < 1.29 is 18.9 Å². The van der Waals surface area contributed by atoms with Gasteiger partial charge in [-0.3, -0.25) is 14.9 Å². The molecule has 0 saturated heterocycles. The van der Waals surface area contributed by atoms with E-state index in [4.69, 9.17) is 9.15 Å². The van der Waals surface area contributed by atoms with Gasteiger partial charge in [-0.15, -0.1) is 0 Å². The first-order chi connectivity index (χ1) is 11.0. The molecule has 0 radical (unpaired) electrons. The monoisotopic (exact) mass is 317 g/mol. The molecule has 2 rings (SSSR count). The Morgan fingerprint density at radius 2 is 2.17 bits per heavy atom. The topological polar surface area (TPSA) is 107 Å². The van der Waals surface area contributed by atoms with E-state index in [0.717, 1.165) is 11.1 Å². The lowest BCUT2D eigenvalue weighted by Gasteiger charge is -2.08. The Bertz CT molecular complexity index is 751. The summed E-state index contributed by atoms with van der Waals surface area (Å²) in [5.74, 6) is -0.0677. The van der Waals surface area contributed by atoms with Gasteiger partial charge >= 0.3 is 5.88 Å². The lowest BCUT2D eigenvalue weighted by molar-refractivity contribution is -0.402. The molecule has 0 aliphatic carbocycles. The van der Waals surface area contributed by atoms with Gasteiger partial charge in [0.15, 0.2) is 12.4 Å². The summed E-state index contributed by atoms with van der Waals surface area (Å²) in [7, 11) is 0. The van der Waals surface area contributed by atoms with Crippen molar-refractivity contribution in [2.24, 2.45) is 5.10 Å². The number of aryl methyl sites for hydroxylation is 2. The van der Waals surface area contributed by atoms with Crippen LogP contribution in [0.5, 0.6) is 5.75 Å². The maximum Gasteiger partial charge on any atom is 0.433 e. The zero-order chi connectivity index (χ0) is 16.8. The van der Waals surface area contributed by atoms with E-state index in [0.29, 0.717) is 5.75 Å². The van der Waals surface area contributed by atoms with Gasteiger partial charge in [-0.25, -0.2) is 5.43 Å². The average Bonchev–Trinajstić information content (AvgIpc) is 2.95. The fourth-order valence-electron chi connectivity index (χ4n) is 1.81. The molecule has 0 spiro atoms. The van der Waals surface area contributed by atoms with Gasteiger partial charge in [-0.1, -0.05) is 17.7 Å². The van der Waals surface area contributed by atoms with Gasteiger partial charge < -0.3 is 9.15 Å². The molecule has 2 aromatic rings. The van der Waals surface area contributed by atoms with Gasteiger partial charge in [0.25, 0.3) is 5.91 Å². The number of hydrazone groups is 1. The summed E-state index contributed by atoms with van der Waals surface area (Å²) in [6.45, 7) is 3.67. The van der Waals surface area contributed by atoms with E-state index in [1.54, 1.807) is 6.07 Å². The molecule has 1 N–H and O–H groups in total. The van der Waals surface area contributed by atoms with Gasteiger partial charge in [-0.05, 0) is 31.5 Å². The number of nitro groups is 1. The molecule has 8 nitrogen and oxygen atoms in total. The third-order valence-electron chi connectivity index (χ3n) is 2.86. The third-order valence-corrected chi connectivity index (χ3v) is 2.86. The van der Waals surface area contributed by atoms with Crippen molar-refractivity contribution in [3.05, 3.63) is 57.3 Å². The van der Waals surface area contributed by atoms with Crippen LogP contribution in [0.15, 0.2) is 39.9 Å². The predicted octanol–water partition coefficient (Wildman–Crippen LogP) is 2.33. The zero-order valence-electron chi connectivity index (χ0n) is 12.6. The largest absolute Gasteiger partial charge is 0.483 e. The summed E-state index contributed by atoms with van der Waals surface area (Å²) in [5, 5.41) is 14.1. The molecule has 8 heteroatoms. The second kappa shape index (κ2) is 7.21. The van der Waals surface area contributed by atoms with E-state index in [-0.39, 0.29) is 12.4 Å². The second-order valence-electron chi connectivity index (χ2n) is 4.78. The molecular weight excluding hydrogens is 302 g/mol. The Balaban J connectivity index is 1.82. The summed E-state index contributed by atoms with van der Waals surface area (Å²) in [4.78, 5) is 21.4. The minimum absolute atomic E-state index is 0.160. The van der Waals surface area contributed by atoms with Gasteiger partial charge in [-0.2, -0.15) is 5.10 Å². The fourth-order valence-corrected chi connectivity index (χ4v) is 1.81. The molecule has 1 amide bonds. The van der Waals surface area contributed by atoms with E-state index in [9.17, 15) is 14.9 Å². The highest BCUT2D eigenvalue weighted by atomic mass is 16.6. The molecule has 0 bridgehead atoms. The van der Waals surface area contributed by atoms with Crippen molar-refractivity contribution in [1.29, 1.82) is 0 Å². The quantitative estimate of drug-likeness (QED) is 0.500. The predicted molar refractivity (Wildman–Crippen MR) is 82.5 cm³/mol. The van der Waals surface area contributed by atoms with E-state index < -0.39 is 16.7 Å². The number of rotatable bonds is 6. The van der Waals surface area contributed by atoms with Crippen molar-refractivity contribution in [3.63, 3.8) is 0 Å². The minimum Gasteiger partial charge on any atom is -0.483 e. The normalized spacial score (nSPS) is 10.7. The molecule has 0 saturated carbocycles. The van der Waals surface area contributed by atoms with Crippen LogP contribution < -0.4 is 10.2 Å². The van der Waals surface area contributed by atoms with E-state index in [1.165, 1.54) is 18.3 Å². The van der Waals surface area contributed by atoms with Crippen LogP contribution in [0.2, 0.25) is 0 Å². The van der Waals surface area contributed by atoms with Gasteiger partial charge in [0.1, 0.15) is 10.7 Å². The van der Waals surface area contributed by atoms with Crippen LogP contribution >= 0.6 is 0 Å². The van der Waals surface area contributed by atoms with Crippen molar-refractivity contribution in [3.8, 4) is 5.75 Å². The Labute approximate surface area is 131 Å². The van der Waals surface area contributed by atoms with Crippen LogP contribution in [0.1, 0.15) is 16.9 Å². The van der Waals surface area contributed by atoms with Crippen LogP contribution in [0, 0.1) is 24.0 Å². The Hall–Kier alpha value is -3.16. The average molecular weight is 317 g/mol. The molecule has 0 aliphatic heterocycles. The molecule has 0 unspecified atom stereocenters. The molecule has 120 valence electrons. The summed E-state index contributed by atoms with van der Waals surface area (Å²) in [6, 6.07) is 8.22. The number of nitrogens with zero attached hydrogens (tertiary/aromatic N) is 2. The summed E-state index contributed by atoms with van der Waals surface area (Å²) in [6.07, 6.45) is 1.17. The minimum atomic E-state index is -0.659. The SMILES string of the molecule is Cc1ccc(OCC(=O)N/N=C\c2ccc([N+](=O)[O-])o2)c(C)c1. The molecule has 1 aromatic heterocycles. The van der Waals surface area contributed by atoms with Gasteiger partial charge in [0.2, 0.25) is 0 Å². The first-order valence-corrected chi connectivity index (χ1v) is 6.72. The molecule has 1 aromatic carbocycles. The summed E-state index contributed by atoms with van der Waals surface area (Å²) < 4.78 is 10.2. The lowest BCUT2D eigenvalue weighted by atomic mass is 10.1. The number of nitrogens with one attached hydrogen (secondary N) is 1. The second-order valence-corrected chi connectivity index (χ2v) is 4.78. The van der Waals surface area contributed by atoms with Crippen LogP contribution in [-0.4, -0.2) is 23.7 Å². The molecule has 0 fully saturated rings. The summed E-state index contributed by atoms with van der Waals surface area (Å²) in [5.41, 5.74) is 4.29. The Kier molecular flexibility index (Phi) is 5.08. The number of amides is 1. The van der Waals surface area contributed by atoms with Crippen LogP contribution in [0.4, 0.5) is 5.88 Å². The van der Waals surface area contributed by atoms with Gasteiger partial charge in [0, 0.05) is 0 Å². The highest BCUT2D eigenvalue weighted by Crippen LogP contribution is 2.18. The lowest BCUT2D eigenvalue weighted by Crippen LogP contribution is -2.24. The number of hydrogen-bond donors (Lipinski definition) is 1. The number of ether oxygens (including phenoxy) is 1. The smallest absolute Gasteiger partial charge is 0.433 e. The Morgan fingerprint density at radius 3 is 2.83 bits per heavy atom. The van der Waals surface area contributed by atoms with Crippen molar-refractivity contribution in [1.82, 2.24) is 5.43 Å². The van der Waals surface area contributed by atoms with E-state index in [2.05, 4.69) is 10.5 Å². The van der Waals surface area contributed by atoms with Crippen LogP contribution in [0.3, 0.4) is 0 Å². The third kappa shape index (κ3) is 4.67. The number of furan rings is 1. The van der Waals surface area contributed by atoms with Crippen molar-refractivity contribution >= 4 is 18.0 Å². The van der Waals surface area contributed by atoms with Crippen molar-refractivity contribution in [2.75, 3.05) is 6.61 Å². The zero-order valence-corrected chi connectivity index (χ0v) is 12.6.